The molecule has 0 fully saturated rings. The number of nitro groups is 1. The van der Waals surface area contributed by atoms with Crippen molar-refractivity contribution in [3.05, 3.63) is 82.4 Å². The number of nitro benzene ring substituents is 1. The Hall–Kier alpha value is -3.41. The molecular formula is C18H15N3O3. The van der Waals surface area contributed by atoms with E-state index < -0.39 is 4.92 Å². The van der Waals surface area contributed by atoms with Crippen LogP contribution >= 0.6 is 0 Å². The van der Waals surface area contributed by atoms with Gasteiger partial charge in [-0.3, -0.25) is 10.1 Å². The molecule has 0 saturated carbocycles. The average Bonchev–Trinajstić information content (AvgIpc) is 2.60. The molecule has 6 nitrogen and oxygen atoms in total. The summed E-state index contributed by atoms with van der Waals surface area (Å²) in [6.07, 6.45) is 0. The van der Waals surface area contributed by atoms with Crippen molar-refractivity contribution >= 4 is 28.2 Å². The Balaban J connectivity index is 1.59. The molecule has 2 amide bonds. The van der Waals surface area contributed by atoms with Gasteiger partial charge in [0.2, 0.25) is 0 Å². The van der Waals surface area contributed by atoms with Gasteiger partial charge in [0, 0.05) is 24.4 Å². The van der Waals surface area contributed by atoms with Crippen molar-refractivity contribution in [1.29, 1.82) is 0 Å². The van der Waals surface area contributed by atoms with Crippen molar-refractivity contribution in [2.24, 2.45) is 0 Å². The summed E-state index contributed by atoms with van der Waals surface area (Å²) in [5.41, 5.74) is 1.47. The van der Waals surface area contributed by atoms with Crippen LogP contribution in [-0.2, 0) is 6.54 Å². The third-order valence-corrected chi connectivity index (χ3v) is 3.60. The van der Waals surface area contributed by atoms with Crippen molar-refractivity contribution in [3.63, 3.8) is 0 Å². The molecule has 0 bridgehead atoms. The van der Waals surface area contributed by atoms with Gasteiger partial charge in [0.1, 0.15) is 0 Å². The summed E-state index contributed by atoms with van der Waals surface area (Å²) < 4.78 is 0. The molecule has 0 aliphatic rings. The highest BCUT2D eigenvalue weighted by molar-refractivity contribution is 5.89. The third kappa shape index (κ3) is 3.67. The fourth-order valence-corrected chi connectivity index (χ4v) is 2.37. The Kier molecular flexibility index (Phi) is 4.38. The molecule has 0 atom stereocenters. The number of non-ortho nitro benzene ring substituents is 1. The number of carbonyl (C=O) groups is 1. The Morgan fingerprint density at radius 2 is 1.67 bits per heavy atom. The number of hydrogen-bond acceptors (Lipinski definition) is 3. The lowest BCUT2D eigenvalue weighted by Gasteiger charge is -2.08. The highest BCUT2D eigenvalue weighted by atomic mass is 16.6. The van der Waals surface area contributed by atoms with E-state index in [-0.39, 0.29) is 11.7 Å². The molecular weight excluding hydrogens is 306 g/mol. The maximum absolute atomic E-state index is 11.9. The van der Waals surface area contributed by atoms with E-state index in [0.29, 0.717) is 12.2 Å². The highest BCUT2D eigenvalue weighted by Crippen LogP contribution is 2.16. The molecule has 0 saturated heterocycles. The van der Waals surface area contributed by atoms with Gasteiger partial charge >= 0.3 is 6.03 Å². The minimum atomic E-state index is -0.483. The first-order valence-corrected chi connectivity index (χ1v) is 7.39. The van der Waals surface area contributed by atoms with Gasteiger partial charge in [0.15, 0.2) is 0 Å². The van der Waals surface area contributed by atoms with Crippen LogP contribution in [0.5, 0.6) is 0 Å². The highest BCUT2D eigenvalue weighted by Gasteiger charge is 2.06. The first kappa shape index (κ1) is 15.5. The molecule has 0 aromatic heterocycles. The zero-order chi connectivity index (χ0) is 16.9. The number of anilines is 1. The minimum absolute atomic E-state index is 0.0166. The van der Waals surface area contributed by atoms with Crippen molar-refractivity contribution in [2.75, 3.05) is 5.32 Å². The summed E-state index contributed by atoms with van der Waals surface area (Å²) in [6.45, 7) is 0.393. The number of hydrogen-bond donors (Lipinski definition) is 2. The largest absolute Gasteiger partial charge is 0.334 e. The second-order valence-corrected chi connectivity index (χ2v) is 5.29. The van der Waals surface area contributed by atoms with Crippen LogP contribution in [-0.4, -0.2) is 11.0 Å². The Labute approximate surface area is 138 Å². The number of amides is 2. The second-order valence-electron chi connectivity index (χ2n) is 5.29. The molecule has 0 heterocycles. The number of nitrogens with zero attached hydrogens (tertiary/aromatic N) is 1. The predicted octanol–water partition coefficient (Wildman–Crippen LogP) is 4.07. The normalized spacial score (nSPS) is 10.3. The number of fused-ring (bicyclic) bond motifs is 1. The van der Waals surface area contributed by atoms with E-state index in [1.165, 1.54) is 24.3 Å². The molecule has 6 heteroatoms. The van der Waals surface area contributed by atoms with E-state index in [1.54, 1.807) is 0 Å². The van der Waals surface area contributed by atoms with Crippen LogP contribution in [0.4, 0.5) is 16.2 Å². The van der Waals surface area contributed by atoms with E-state index in [9.17, 15) is 14.9 Å². The second kappa shape index (κ2) is 6.78. The quantitative estimate of drug-likeness (QED) is 0.561. The fourth-order valence-electron chi connectivity index (χ4n) is 2.37. The van der Waals surface area contributed by atoms with Crippen LogP contribution in [0.15, 0.2) is 66.7 Å². The van der Waals surface area contributed by atoms with Crippen molar-refractivity contribution in [1.82, 2.24) is 5.32 Å². The topological polar surface area (TPSA) is 84.3 Å². The Bertz CT molecular complexity index is 891. The monoisotopic (exact) mass is 321 g/mol. The minimum Gasteiger partial charge on any atom is -0.334 e. The Morgan fingerprint density at radius 3 is 2.38 bits per heavy atom. The molecule has 0 radical (unpaired) electrons. The van der Waals surface area contributed by atoms with Gasteiger partial charge in [-0.25, -0.2) is 4.79 Å². The molecule has 0 unspecified atom stereocenters. The van der Waals surface area contributed by atoms with Crippen LogP contribution < -0.4 is 10.6 Å². The molecule has 0 spiro atoms. The standard InChI is InChI=1S/C18H15N3O3/c22-18(20-16-7-9-17(10-8-16)21(23)24)19-12-13-5-6-14-3-1-2-4-15(14)11-13/h1-11H,12H2,(H2,19,20,22). The zero-order valence-corrected chi connectivity index (χ0v) is 12.7. The summed E-state index contributed by atoms with van der Waals surface area (Å²) >= 11 is 0. The van der Waals surface area contributed by atoms with E-state index in [2.05, 4.69) is 10.6 Å². The molecule has 3 aromatic carbocycles. The van der Waals surface area contributed by atoms with Gasteiger partial charge in [0.05, 0.1) is 4.92 Å². The lowest BCUT2D eigenvalue weighted by Crippen LogP contribution is -2.28. The van der Waals surface area contributed by atoms with E-state index in [0.717, 1.165) is 16.3 Å². The van der Waals surface area contributed by atoms with Gasteiger partial charge in [-0.15, -0.1) is 0 Å². The van der Waals surface area contributed by atoms with Crippen LogP contribution in [0.3, 0.4) is 0 Å². The van der Waals surface area contributed by atoms with Gasteiger partial charge in [-0.1, -0.05) is 36.4 Å². The van der Waals surface area contributed by atoms with Crippen molar-refractivity contribution in [3.8, 4) is 0 Å². The summed E-state index contributed by atoms with van der Waals surface area (Å²) in [5, 5.41) is 18.3. The number of benzene rings is 3. The van der Waals surface area contributed by atoms with E-state index in [4.69, 9.17) is 0 Å². The summed E-state index contributed by atoms with van der Waals surface area (Å²) in [4.78, 5) is 22.0. The summed E-state index contributed by atoms with van der Waals surface area (Å²) in [6, 6.07) is 19.3. The number of nitrogens with one attached hydrogen (secondary N) is 2. The number of carbonyl (C=O) groups excluding carboxylic acids is 1. The molecule has 3 rings (SSSR count). The lowest BCUT2D eigenvalue weighted by molar-refractivity contribution is -0.384. The molecule has 120 valence electrons. The first-order chi connectivity index (χ1) is 11.6. The maximum Gasteiger partial charge on any atom is 0.319 e. The van der Waals surface area contributed by atoms with E-state index >= 15 is 0 Å². The molecule has 2 N–H and O–H groups in total. The molecule has 0 aliphatic heterocycles. The van der Waals surface area contributed by atoms with Crippen LogP contribution in [0.2, 0.25) is 0 Å². The maximum atomic E-state index is 11.9. The predicted molar refractivity (Wildman–Crippen MR) is 92.9 cm³/mol. The van der Waals surface area contributed by atoms with Crippen LogP contribution in [0, 0.1) is 10.1 Å². The summed E-state index contributed by atoms with van der Waals surface area (Å²) in [5.74, 6) is 0. The first-order valence-electron chi connectivity index (χ1n) is 7.39. The van der Waals surface area contributed by atoms with Crippen molar-refractivity contribution in [2.45, 2.75) is 6.54 Å². The number of rotatable bonds is 4. The van der Waals surface area contributed by atoms with Crippen LogP contribution in [0.1, 0.15) is 5.56 Å². The van der Waals surface area contributed by atoms with Gasteiger partial charge in [-0.2, -0.15) is 0 Å². The molecule has 24 heavy (non-hydrogen) atoms. The number of urea groups is 1. The fraction of sp³-hybridized carbons (Fsp3) is 0.0556. The van der Waals surface area contributed by atoms with Crippen molar-refractivity contribution < 1.29 is 9.72 Å². The smallest absolute Gasteiger partial charge is 0.319 e. The third-order valence-electron chi connectivity index (χ3n) is 3.60. The lowest BCUT2D eigenvalue weighted by atomic mass is 10.1. The van der Waals surface area contributed by atoms with Gasteiger partial charge in [0.25, 0.3) is 5.69 Å². The van der Waals surface area contributed by atoms with Gasteiger partial charge in [-0.05, 0) is 34.5 Å². The van der Waals surface area contributed by atoms with Gasteiger partial charge < -0.3 is 10.6 Å². The molecule has 0 aliphatic carbocycles. The Morgan fingerprint density at radius 1 is 0.958 bits per heavy atom. The van der Waals surface area contributed by atoms with E-state index in [1.807, 2.05) is 42.5 Å². The van der Waals surface area contributed by atoms with Crippen LogP contribution in [0.25, 0.3) is 10.8 Å². The molecule has 3 aromatic rings. The average molecular weight is 321 g/mol. The zero-order valence-electron chi connectivity index (χ0n) is 12.7. The SMILES string of the molecule is O=C(NCc1ccc2ccccc2c1)Nc1ccc([N+](=O)[O-])cc1. The summed E-state index contributed by atoms with van der Waals surface area (Å²) in [7, 11) is 0.